The Kier molecular flexibility index (Phi) is 1.56. The lowest BCUT2D eigenvalue weighted by molar-refractivity contribution is -0.100. The summed E-state index contributed by atoms with van der Waals surface area (Å²) < 4.78 is 0. The lowest BCUT2D eigenvalue weighted by atomic mass is 9.45. The van der Waals surface area contributed by atoms with Crippen LogP contribution in [0.25, 0.3) is 0 Å². The molecule has 4 atom stereocenters. The van der Waals surface area contributed by atoms with Crippen LogP contribution >= 0.6 is 0 Å². The van der Waals surface area contributed by atoms with Gasteiger partial charge in [0.25, 0.3) is 0 Å². The molecule has 0 N–H and O–H groups in total. The minimum Gasteiger partial charge on any atom is -0.0651 e. The highest BCUT2D eigenvalue weighted by Crippen LogP contribution is 2.62. The van der Waals surface area contributed by atoms with Gasteiger partial charge in [-0.15, -0.1) is 0 Å². The third kappa shape index (κ3) is 0.947. The van der Waals surface area contributed by atoms with Crippen molar-refractivity contribution in [2.75, 3.05) is 0 Å². The Hall–Kier alpha value is 0. The third-order valence-corrected chi connectivity index (χ3v) is 4.15. The minimum absolute atomic E-state index is 0.761. The monoisotopic (exact) mass is 152 g/mol. The molecule has 0 aromatic rings. The van der Waals surface area contributed by atoms with E-state index in [0.29, 0.717) is 0 Å². The molecule has 3 unspecified atom stereocenters. The van der Waals surface area contributed by atoms with E-state index in [1.807, 2.05) is 0 Å². The zero-order valence-electron chi connectivity index (χ0n) is 8.06. The summed E-state index contributed by atoms with van der Waals surface area (Å²) in [5.74, 6) is 3.20. The van der Waals surface area contributed by atoms with Gasteiger partial charge in [-0.25, -0.2) is 0 Å². The zero-order valence-corrected chi connectivity index (χ0v) is 8.06. The first-order valence-corrected chi connectivity index (χ1v) is 5.15. The largest absolute Gasteiger partial charge is 0.0651 e. The van der Waals surface area contributed by atoms with Crippen LogP contribution in [0.2, 0.25) is 0 Å². The highest BCUT2D eigenvalue weighted by Gasteiger charge is 2.53. The van der Waals surface area contributed by atoms with Gasteiger partial charge in [0, 0.05) is 0 Å². The molecular formula is C11H20. The van der Waals surface area contributed by atoms with Crippen molar-refractivity contribution in [3.63, 3.8) is 0 Å². The average Bonchev–Trinajstić information content (AvgIpc) is 1.85. The van der Waals surface area contributed by atoms with Crippen molar-refractivity contribution < 1.29 is 0 Å². The molecule has 3 rings (SSSR count). The summed E-state index contributed by atoms with van der Waals surface area (Å²) in [6, 6.07) is 0. The molecule has 3 fully saturated rings. The van der Waals surface area contributed by atoms with Crippen LogP contribution in [0, 0.1) is 23.2 Å². The maximum atomic E-state index is 2.51. The van der Waals surface area contributed by atoms with Crippen LogP contribution in [0.15, 0.2) is 0 Å². The second kappa shape index (κ2) is 2.24. The zero-order chi connectivity index (χ0) is 8.06. The predicted molar refractivity (Wildman–Crippen MR) is 48.4 cm³/mol. The number of hydrogen-bond donors (Lipinski definition) is 0. The maximum absolute atomic E-state index is 2.51. The van der Waals surface area contributed by atoms with Crippen molar-refractivity contribution >= 4 is 0 Å². The molecule has 0 amide bonds. The molecule has 3 aliphatic carbocycles. The molecule has 0 heteroatoms. The van der Waals surface area contributed by atoms with Crippen LogP contribution in [-0.2, 0) is 0 Å². The van der Waals surface area contributed by atoms with Gasteiger partial charge in [-0.3, -0.25) is 0 Å². The fourth-order valence-electron chi connectivity index (χ4n) is 4.01. The van der Waals surface area contributed by atoms with Crippen molar-refractivity contribution in [1.29, 1.82) is 0 Å². The van der Waals surface area contributed by atoms with Crippen LogP contribution in [0.4, 0.5) is 0 Å². The Balaban J connectivity index is 2.08. The molecule has 11 heavy (non-hydrogen) atoms. The Morgan fingerprint density at radius 1 is 1.36 bits per heavy atom. The number of fused-ring (bicyclic) bond motifs is 2. The van der Waals surface area contributed by atoms with Gasteiger partial charge in [0.15, 0.2) is 0 Å². The van der Waals surface area contributed by atoms with Gasteiger partial charge < -0.3 is 0 Å². The summed E-state index contributed by atoms with van der Waals surface area (Å²) >= 11 is 0. The van der Waals surface area contributed by atoms with Crippen LogP contribution in [0.5, 0.6) is 0 Å². The van der Waals surface area contributed by atoms with Gasteiger partial charge in [0.2, 0.25) is 0 Å². The molecule has 0 aromatic heterocycles. The molecule has 3 saturated carbocycles. The fraction of sp³-hybridized carbons (Fsp3) is 1.00. The first-order valence-electron chi connectivity index (χ1n) is 5.15. The molecule has 0 aliphatic heterocycles. The normalized spacial score (nSPS) is 55.4. The first-order chi connectivity index (χ1) is 5.15. The van der Waals surface area contributed by atoms with Gasteiger partial charge in [0.1, 0.15) is 0 Å². The minimum atomic E-state index is 0.761. The van der Waals surface area contributed by atoms with E-state index < -0.39 is 0 Å². The highest BCUT2D eigenvalue weighted by molar-refractivity contribution is 5.02. The number of rotatable bonds is 1. The Labute approximate surface area is 70.4 Å². The van der Waals surface area contributed by atoms with Gasteiger partial charge >= 0.3 is 0 Å². The highest BCUT2D eigenvalue weighted by atomic mass is 14.6. The predicted octanol–water partition coefficient (Wildman–Crippen LogP) is 3.47. The van der Waals surface area contributed by atoms with Crippen LogP contribution in [-0.4, -0.2) is 0 Å². The summed E-state index contributed by atoms with van der Waals surface area (Å²) in [4.78, 5) is 0. The van der Waals surface area contributed by atoms with E-state index in [2.05, 4.69) is 20.8 Å². The summed E-state index contributed by atoms with van der Waals surface area (Å²) in [6.07, 6.45) is 5.99. The summed E-state index contributed by atoms with van der Waals surface area (Å²) in [5.41, 5.74) is 0.761. The Bertz CT molecular complexity index is 159. The van der Waals surface area contributed by atoms with Gasteiger partial charge in [-0.2, -0.15) is 0 Å². The van der Waals surface area contributed by atoms with E-state index >= 15 is 0 Å². The maximum Gasteiger partial charge on any atom is -0.0290 e. The van der Waals surface area contributed by atoms with E-state index in [9.17, 15) is 0 Å². The van der Waals surface area contributed by atoms with Crippen molar-refractivity contribution in [1.82, 2.24) is 0 Å². The molecule has 0 spiro atoms. The van der Waals surface area contributed by atoms with Crippen molar-refractivity contribution in [2.24, 2.45) is 23.2 Å². The molecular weight excluding hydrogens is 132 g/mol. The fourth-order valence-corrected chi connectivity index (χ4v) is 4.01. The van der Waals surface area contributed by atoms with Crippen LogP contribution < -0.4 is 0 Å². The standard InChI is InChI=1S/C11H20/c1-4-10-9-5-8(2)6-11(10,3)7-9/h8-10H,4-7H2,1-3H3/t8?,9?,10?,11-/m0/s1. The van der Waals surface area contributed by atoms with Crippen molar-refractivity contribution in [3.8, 4) is 0 Å². The second-order valence-corrected chi connectivity index (χ2v) is 5.18. The van der Waals surface area contributed by atoms with E-state index in [0.717, 1.165) is 23.2 Å². The molecule has 0 aromatic carbocycles. The molecule has 64 valence electrons. The molecule has 0 nitrogen and oxygen atoms in total. The molecule has 0 heterocycles. The van der Waals surface area contributed by atoms with Crippen LogP contribution in [0.3, 0.4) is 0 Å². The lowest BCUT2D eigenvalue weighted by Gasteiger charge is -2.60. The van der Waals surface area contributed by atoms with Gasteiger partial charge in [0.05, 0.1) is 0 Å². The van der Waals surface area contributed by atoms with Gasteiger partial charge in [-0.1, -0.05) is 27.2 Å². The van der Waals surface area contributed by atoms with Crippen LogP contribution in [0.1, 0.15) is 46.5 Å². The van der Waals surface area contributed by atoms with E-state index in [1.165, 1.54) is 25.7 Å². The van der Waals surface area contributed by atoms with Crippen molar-refractivity contribution in [2.45, 2.75) is 46.5 Å². The summed E-state index contributed by atoms with van der Waals surface area (Å²) in [5, 5.41) is 0. The molecule has 3 aliphatic rings. The molecule has 0 saturated heterocycles. The second-order valence-electron chi connectivity index (χ2n) is 5.18. The lowest BCUT2D eigenvalue weighted by Crippen LogP contribution is -2.51. The summed E-state index contributed by atoms with van der Waals surface area (Å²) in [6.45, 7) is 7.30. The topological polar surface area (TPSA) is 0 Å². The average molecular weight is 152 g/mol. The van der Waals surface area contributed by atoms with E-state index in [-0.39, 0.29) is 0 Å². The first kappa shape index (κ1) is 7.64. The molecule has 2 bridgehead atoms. The van der Waals surface area contributed by atoms with Crippen molar-refractivity contribution in [3.05, 3.63) is 0 Å². The van der Waals surface area contributed by atoms with E-state index in [1.54, 1.807) is 0 Å². The Morgan fingerprint density at radius 2 is 2.09 bits per heavy atom. The van der Waals surface area contributed by atoms with E-state index in [4.69, 9.17) is 0 Å². The Morgan fingerprint density at radius 3 is 2.64 bits per heavy atom. The SMILES string of the molecule is CCC1C2CC(C)C[C@@]1(C)C2. The quantitative estimate of drug-likeness (QED) is 0.539. The smallest absolute Gasteiger partial charge is 0.0290 e. The molecule has 0 radical (unpaired) electrons. The summed E-state index contributed by atoms with van der Waals surface area (Å²) in [7, 11) is 0. The number of hydrogen-bond acceptors (Lipinski definition) is 0. The van der Waals surface area contributed by atoms with Gasteiger partial charge in [-0.05, 0) is 42.4 Å². The third-order valence-electron chi connectivity index (χ3n) is 4.15.